The lowest BCUT2D eigenvalue weighted by Gasteiger charge is -2.10. The molecule has 2 heterocycles. The lowest BCUT2D eigenvalue weighted by Crippen LogP contribution is -2.40. The van der Waals surface area contributed by atoms with Crippen molar-refractivity contribution in [2.75, 3.05) is 20.2 Å². The molecule has 3 rings (SSSR count). The number of rotatable bonds is 3. The highest BCUT2D eigenvalue weighted by Gasteiger charge is 2.50. The van der Waals surface area contributed by atoms with E-state index in [9.17, 15) is 0 Å². The minimum absolute atomic E-state index is 0. The number of nitrogens with one attached hydrogen (secondary N) is 1. The maximum Gasteiger partial charge on any atom is 0.221 e. The Bertz CT molecular complexity index is 418. The van der Waals surface area contributed by atoms with Gasteiger partial charge in [0.1, 0.15) is 0 Å². The molecule has 0 saturated carbocycles. The summed E-state index contributed by atoms with van der Waals surface area (Å²) >= 11 is 0. The van der Waals surface area contributed by atoms with Gasteiger partial charge in [-0.2, -0.15) is 10.0 Å². The first-order valence-electron chi connectivity index (χ1n) is 6.14. The minimum atomic E-state index is 0. The fraction of sp³-hybridized carbons (Fsp3) is 0.538. The van der Waals surface area contributed by atoms with E-state index in [1.165, 1.54) is 29.8 Å². The number of hydrogen-bond donors (Lipinski definition) is 1. The Labute approximate surface area is 101 Å². The van der Waals surface area contributed by atoms with Gasteiger partial charge in [-0.25, -0.2) is 0 Å². The Morgan fingerprint density at radius 3 is 2.88 bits per heavy atom. The maximum atomic E-state index is 5.72. The Hall–Kier alpha value is -0.970. The van der Waals surface area contributed by atoms with Gasteiger partial charge >= 0.3 is 0 Å². The van der Waals surface area contributed by atoms with Gasteiger partial charge in [0.2, 0.25) is 11.4 Å². The Morgan fingerprint density at radius 2 is 2.24 bits per heavy atom. The zero-order valence-electron chi connectivity index (χ0n) is 10.4. The second-order valence-corrected chi connectivity index (χ2v) is 4.77. The highest BCUT2D eigenvalue weighted by molar-refractivity contribution is 5.86. The molecule has 3 nitrogen and oxygen atoms in total. The van der Waals surface area contributed by atoms with Crippen LogP contribution in [-0.4, -0.2) is 20.2 Å². The van der Waals surface area contributed by atoms with Crippen molar-refractivity contribution in [1.82, 2.24) is 10.0 Å². The summed E-state index contributed by atoms with van der Waals surface area (Å²) in [7, 11) is 2.20. The molecule has 2 unspecified atom stereocenters. The quantitative estimate of drug-likeness (QED) is 0.647. The molecule has 2 atom stereocenters. The van der Waals surface area contributed by atoms with Gasteiger partial charge in [-0.15, -0.1) is 0 Å². The van der Waals surface area contributed by atoms with Crippen molar-refractivity contribution in [3.8, 4) is 0 Å². The SMILES string of the molecule is CCN[N+]1(C)c2ccc(C3CCCO3)cc21.F. The molecule has 1 aromatic carbocycles. The molecule has 0 spiro atoms. The van der Waals surface area contributed by atoms with Crippen molar-refractivity contribution < 1.29 is 9.44 Å². The van der Waals surface area contributed by atoms with Crippen molar-refractivity contribution in [3.05, 3.63) is 23.8 Å². The van der Waals surface area contributed by atoms with E-state index in [2.05, 4.69) is 37.6 Å². The molecule has 94 valence electrons. The van der Waals surface area contributed by atoms with Gasteiger partial charge in [-0.05, 0) is 31.4 Å². The molecule has 4 heteroatoms. The van der Waals surface area contributed by atoms with E-state index in [-0.39, 0.29) is 4.70 Å². The van der Waals surface area contributed by atoms with Gasteiger partial charge in [0.05, 0.1) is 13.2 Å². The standard InChI is InChI=1S/C13H19N2O.FH/c1-3-14-15(2)11-7-6-10(9-12(11)15)13-5-4-8-16-13;/h6-7,9,13-14H,3-5,8H2,1-2H3;1H/q+1;. The molecule has 2 aliphatic rings. The molecular weight excluding hydrogens is 219 g/mol. The number of nitrogens with zero attached hydrogens (tertiary/aromatic N) is 1. The fourth-order valence-electron chi connectivity index (χ4n) is 2.72. The number of fused-ring (bicyclic) bond motifs is 1. The van der Waals surface area contributed by atoms with Gasteiger partial charge < -0.3 is 4.74 Å². The number of quaternary nitrogens is 1. The molecule has 0 bridgehead atoms. The van der Waals surface area contributed by atoms with Gasteiger partial charge in [-0.1, -0.05) is 0 Å². The Morgan fingerprint density at radius 1 is 1.41 bits per heavy atom. The molecule has 1 N–H and O–H groups in total. The molecule has 2 aliphatic heterocycles. The minimum Gasteiger partial charge on any atom is -0.374 e. The third kappa shape index (κ3) is 1.86. The molecule has 1 saturated heterocycles. The number of hydrogen-bond acceptors (Lipinski definition) is 2. The number of ether oxygens (including phenoxy) is 1. The van der Waals surface area contributed by atoms with Crippen LogP contribution in [0, 0.1) is 0 Å². The Kier molecular flexibility index (Phi) is 3.21. The summed E-state index contributed by atoms with van der Waals surface area (Å²) < 4.78 is 6.53. The van der Waals surface area contributed by atoms with Gasteiger partial charge in [0.15, 0.2) is 0 Å². The van der Waals surface area contributed by atoms with Crippen LogP contribution < -0.4 is 10.0 Å². The molecule has 0 aliphatic carbocycles. The molecule has 0 amide bonds. The predicted molar refractivity (Wildman–Crippen MR) is 67.9 cm³/mol. The van der Waals surface area contributed by atoms with Crippen molar-refractivity contribution in [1.29, 1.82) is 0 Å². The van der Waals surface area contributed by atoms with E-state index in [0.29, 0.717) is 6.10 Å². The second kappa shape index (κ2) is 4.37. The summed E-state index contributed by atoms with van der Waals surface area (Å²) in [5, 5.41) is 0. The number of halogens is 1. The van der Waals surface area contributed by atoms with Crippen molar-refractivity contribution in [2.45, 2.75) is 25.9 Å². The smallest absolute Gasteiger partial charge is 0.221 e. The second-order valence-electron chi connectivity index (χ2n) is 4.77. The van der Waals surface area contributed by atoms with E-state index >= 15 is 0 Å². The lowest BCUT2D eigenvalue weighted by atomic mass is 10.1. The summed E-state index contributed by atoms with van der Waals surface area (Å²) in [5.74, 6) is 0. The first kappa shape index (κ1) is 12.5. The van der Waals surface area contributed by atoms with Crippen LogP contribution in [0.4, 0.5) is 16.1 Å². The monoisotopic (exact) mass is 239 g/mol. The normalized spacial score (nSPS) is 29.6. The van der Waals surface area contributed by atoms with E-state index in [1.807, 2.05) is 0 Å². The predicted octanol–water partition coefficient (Wildman–Crippen LogP) is 2.80. The van der Waals surface area contributed by atoms with Crippen molar-refractivity contribution in [3.63, 3.8) is 0 Å². The van der Waals surface area contributed by atoms with Crippen LogP contribution in [0.25, 0.3) is 0 Å². The number of benzene rings is 1. The first-order chi connectivity index (χ1) is 7.75. The van der Waals surface area contributed by atoms with Crippen LogP contribution >= 0.6 is 0 Å². The van der Waals surface area contributed by atoms with Crippen LogP contribution in [0.1, 0.15) is 31.4 Å². The lowest BCUT2D eigenvalue weighted by molar-refractivity contribution is 0.112. The van der Waals surface area contributed by atoms with Gasteiger partial charge in [0, 0.05) is 25.3 Å². The summed E-state index contributed by atoms with van der Waals surface area (Å²) in [5.41, 5.74) is 7.61. The average Bonchev–Trinajstić information content (AvgIpc) is 2.73. The third-order valence-electron chi connectivity index (χ3n) is 3.69. The molecule has 0 radical (unpaired) electrons. The largest absolute Gasteiger partial charge is 0.374 e. The highest BCUT2D eigenvalue weighted by atomic mass is 19.0. The third-order valence-corrected chi connectivity index (χ3v) is 3.69. The molecule has 1 fully saturated rings. The van der Waals surface area contributed by atoms with Crippen LogP contribution in [0.15, 0.2) is 18.2 Å². The van der Waals surface area contributed by atoms with Crippen molar-refractivity contribution in [2.24, 2.45) is 0 Å². The van der Waals surface area contributed by atoms with Crippen LogP contribution in [0.5, 0.6) is 0 Å². The summed E-state index contributed by atoms with van der Waals surface area (Å²) in [6, 6.07) is 6.75. The topological polar surface area (TPSA) is 21.3 Å². The highest BCUT2D eigenvalue weighted by Crippen LogP contribution is 2.53. The molecular formula is C13H20FN2O+. The van der Waals surface area contributed by atoms with Gasteiger partial charge in [0.25, 0.3) is 0 Å². The van der Waals surface area contributed by atoms with E-state index in [4.69, 9.17) is 4.74 Å². The van der Waals surface area contributed by atoms with Crippen molar-refractivity contribution >= 4 is 11.4 Å². The molecule has 1 aromatic rings. The van der Waals surface area contributed by atoms with E-state index in [1.54, 1.807) is 0 Å². The first-order valence-corrected chi connectivity index (χ1v) is 6.14. The van der Waals surface area contributed by atoms with Gasteiger partial charge in [-0.3, -0.25) is 4.70 Å². The summed E-state index contributed by atoms with van der Waals surface area (Å²) in [6.07, 6.45) is 2.70. The van der Waals surface area contributed by atoms with E-state index in [0.717, 1.165) is 17.7 Å². The van der Waals surface area contributed by atoms with E-state index < -0.39 is 0 Å². The van der Waals surface area contributed by atoms with Crippen LogP contribution in [-0.2, 0) is 4.74 Å². The Balaban J connectivity index is 0.00000108. The van der Waals surface area contributed by atoms with Crippen LogP contribution in [0.2, 0.25) is 0 Å². The zero-order valence-corrected chi connectivity index (χ0v) is 10.4. The average molecular weight is 239 g/mol. The summed E-state index contributed by atoms with van der Waals surface area (Å²) in [4.78, 5) is 0. The fourth-order valence-corrected chi connectivity index (χ4v) is 2.72. The molecule has 17 heavy (non-hydrogen) atoms. The zero-order chi connectivity index (χ0) is 11.2. The van der Waals surface area contributed by atoms with Crippen LogP contribution in [0.3, 0.4) is 0 Å². The molecule has 0 aromatic heterocycles. The maximum absolute atomic E-state index is 5.72. The summed E-state index contributed by atoms with van der Waals surface area (Å²) in [6.45, 7) is 4.05.